The van der Waals surface area contributed by atoms with Gasteiger partial charge >= 0.3 is 0 Å². The van der Waals surface area contributed by atoms with Gasteiger partial charge < -0.3 is 10.4 Å². The Morgan fingerprint density at radius 3 is 3.18 bits per heavy atom. The fourth-order valence-electron chi connectivity index (χ4n) is 1.68. The first-order chi connectivity index (χ1) is 8.76. The lowest BCUT2D eigenvalue weighted by molar-refractivity contribution is 0.290. The molecule has 0 atom stereocenters. The molecule has 0 unspecified atom stereocenters. The summed E-state index contributed by atoms with van der Waals surface area (Å²) in [5, 5.41) is 9.79. The second-order valence-corrected chi connectivity index (χ2v) is 3.77. The van der Waals surface area contributed by atoms with Crippen molar-refractivity contribution in [2.75, 3.05) is 6.61 Å². The van der Waals surface area contributed by atoms with E-state index in [1.165, 1.54) is 0 Å². The maximum atomic E-state index is 10.8. The van der Waals surface area contributed by atoms with Gasteiger partial charge in [0.1, 0.15) is 5.70 Å². The summed E-state index contributed by atoms with van der Waals surface area (Å²) in [6.45, 7) is 0.558. The molecule has 2 N–H and O–H groups in total. The first-order valence-electron chi connectivity index (χ1n) is 5.95. The molecule has 0 bridgehead atoms. The van der Waals surface area contributed by atoms with Crippen LogP contribution in [0.3, 0.4) is 0 Å². The van der Waals surface area contributed by atoms with Crippen molar-refractivity contribution in [3.63, 3.8) is 0 Å². The van der Waals surface area contributed by atoms with Crippen LogP contribution >= 0.6 is 0 Å². The van der Waals surface area contributed by atoms with E-state index in [9.17, 15) is 4.79 Å². The van der Waals surface area contributed by atoms with Crippen LogP contribution in [0.2, 0.25) is 1.41 Å². The van der Waals surface area contributed by atoms with Crippen molar-refractivity contribution < 1.29 is 11.3 Å². The molecule has 1 aliphatic rings. The normalized spacial score (nSPS) is 13.6. The van der Waals surface area contributed by atoms with Crippen LogP contribution in [0.25, 0.3) is 5.70 Å². The average Bonchev–Trinajstić information content (AvgIpc) is 2.69. The number of aliphatic hydroxyl groups is 1. The zero-order valence-corrected chi connectivity index (χ0v) is 9.36. The Hall–Kier alpha value is -2.01. The number of fused-ring (bicyclic) bond motifs is 1. The summed E-state index contributed by atoms with van der Waals surface area (Å²) in [4.78, 5) is 10.8. The molecule has 0 saturated heterocycles. The smallest absolute Gasteiger partial charge is 0.161 e. The van der Waals surface area contributed by atoms with Crippen LogP contribution in [0.4, 0.5) is 0 Å². The molecular formula is C14H13NO2. The molecule has 0 spiro atoms. The fourth-order valence-corrected chi connectivity index (χ4v) is 1.68. The zero-order chi connectivity index (χ0) is 13.0. The molecule has 0 fully saturated rings. The highest BCUT2D eigenvalue weighted by molar-refractivity contribution is 5.89. The largest absolute Gasteiger partial charge is 0.396 e. The van der Waals surface area contributed by atoms with Gasteiger partial charge in [0.05, 0.1) is 0 Å². The number of hydrogen-bond acceptors (Lipinski definition) is 3. The van der Waals surface area contributed by atoms with Crippen LogP contribution < -0.4 is 5.31 Å². The molecule has 0 saturated carbocycles. The van der Waals surface area contributed by atoms with E-state index in [1.54, 1.807) is 5.94 Å². The van der Waals surface area contributed by atoms with Crippen LogP contribution in [0.1, 0.15) is 29.5 Å². The maximum absolute atomic E-state index is 10.8. The molecule has 0 radical (unpaired) electrons. The van der Waals surface area contributed by atoms with E-state index in [0.29, 0.717) is 19.4 Å². The molecule has 3 heteroatoms. The summed E-state index contributed by atoms with van der Waals surface area (Å²) < 4.78 is 7.61. The number of benzene rings is 1. The quantitative estimate of drug-likeness (QED) is 0.452. The highest BCUT2D eigenvalue weighted by atomic mass is 16.2. The number of aliphatic hydroxyl groups excluding tert-OH is 1. The summed E-state index contributed by atoms with van der Waals surface area (Å²) in [6.07, 6.45) is 1.31. The molecule has 0 aliphatic carbocycles. The minimum atomic E-state index is 0.144. The molecule has 17 heavy (non-hydrogen) atoms. The van der Waals surface area contributed by atoms with Gasteiger partial charge in [0, 0.05) is 30.7 Å². The second-order valence-electron chi connectivity index (χ2n) is 3.77. The molecule has 2 rings (SSSR count). The minimum Gasteiger partial charge on any atom is -0.396 e. The van der Waals surface area contributed by atoms with Gasteiger partial charge in [0.15, 0.2) is 7.35 Å². The maximum Gasteiger partial charge on any atom is 0.161 e. The van der Waals surface area contributed by atoms with Crippen molar-refractivity contribution in [3.05, 3.63) is 34.9 Å². The van der Waals surface area contributed by atoms with Gasteiger partial charge in [-0.05, 0) is 24.1 Å². The minimum absolute atomic E-state index is 0.144. The van der Waals surface area contributed by atoms with E-state index < -0.39 is 0 Å². The third kappa shape index (κ3) is 2.57. The molecule has 1 aliphatic heterocycles. The lowest BCUT2D eigenvalue weighted by atomic mass is 10.1. The van der Waals surface area contributed by atoms with E-state index in [-0.39, 0.29) is 12.3 Å². The predicted molar refractivity (Wildman–Crippen MR) is 65.6 cm³/mol. The topological polar surface area (TPSA) is 49.3 Å². The third-order valence-corrected chi connectivity index (χ3v) is 2.56. The molecule has 1 aromatic carbocycles. The van der Waals surface area contributed by atoms with Crippen molar-refractivity contribution >= 4 is 11.6 Å². The van der Waals surface area contributed by atoms with E-state index in [0.717, 1.165) is 22.0 Å². The first-order valence-corrected chi connectivity index (χ1v) is 5.51. The number of rotatable bonds is 2. The van der Waals surface area contributed by atoms with Crippen molar-refractivity contribution in [2.45, 2.75) is 19.4 Å². The monoisotopic (exact) mass is 228 g/mol. The highest BCUT2D eigenvalue weighted by Crippen LogP contribution is 2.23. The lowest BCUT2D eigenvalue weighted by Crippen LogP contribution is -2.00. The highest BCUT2D eigenvalue weighted by Gasteiger charge is 2.15. The van der Waals surface area contributed by atoms with Gasteiger partial charge in [-0.3, -0.25) is 0 Å². The second kappa shape index (κ2) is 5.36. The Kier molecular flexibility index (Phi) is 3.20. The lowest BCUT2D eigenvalue weighted by Gasteiger charge is -1.97. The molecule has 0 amide bonds. The number of unbranched alkanes of at least 4 members (excludes halogenated alkanes) is 1. The molecule has 0 aromatic heterocycles. The van der Waals surface area contributed by atoms with Crippen molar-refractivity contribution in [2.24, 2.45) is 0 Å². The number of carbonyl (C=O) groups excluding carboxylic acids is 1. The fraction of sp³-hybridized carbons (Fsp3) is 0.286. The van der Waals surface area contributed by atoms with Gasteiger partial charge in [-0.1, -0.05) is 17.9 Å². The van der Waals surface area contributed by atoms with Crippen molar-refractivity contribution in [1.82, 2.24) is 5.31 Å². The van der Waals surface area contributed by atoms with Crippen LogP contribution in [0, 0.1) is 11.8 Å². The summed E-state index contributed by atoms with van der Waals surface area (Å²) in [5.74, 6) is 7.74. The third-order valence-electron chi connectivity index (χ3n) is 2.56. The van der Waals surface area contributed by atoms with E-state index in [2.05, 4.69) is 11.8 Å². The van der Waals surface area contributed by atoms with E-state index in [4.69, 9.17) is 6.52 Å². The Morgan fingerprint density at radius 2 is 2.41 bits per heavy atom. The van der Waals surface area contributed by atoms with Gasteiger partial charge in [-0.25, -0.2) is 4.79 Å². The Balaban J connectivity index is 2.25. The van der Waals surface area contributed by atoms with Crippen LogP contribution in [-0.4, -0.2) is 17.7 Å². The van der Waals surface area contributed by atoms with Gasteiger partial charge in [0.25, 0.3) is 0 Å². The standard InChI is InChI=1S/C14H13NO2/c16-7-3-1-2-4-11-5-6-12-9-15-14(10-17)13(12)8-11/h5-6,8,15-16H,1,3,7,9H2/i/hD. The number of hydrogen-bond donors (Lipinski definition) is 2. The SMILES string of the molecule is [2H]N1Cc2ccc(C#CCCCO)cc2C1=C=O. The number of nitrogens with one attached hydrogen (secondary N) is 1. The summed E-state index contributed by atoms with van der Waals surface area (Å²) >= 11 is 0. The average molecular weight is 228 g/mol. The summed E-state index contributed by atoms with van der Waals surface area (Å²) in [7, 11) is 0. The summed E-state index contributed by atoms with van der Waals surface area (Å²) in [6, 6.07) is 5.58. The molecular weight excluding hydrogens is 214 g/mol. The van der Waals surface area contributed by atoms with Crippen molar-refractivity contribution in [1.29, 1.82) is 0 Å². The Morgan fingerprint density at radius 1 is 1.53 bits per heavy atom. The van der Waals surface area contributed by atoms with E-state index >= 15 is 0 Å². The molecule has 3 nitrogen and oxygen atoms in total. The first kappa shape index (κ1) is 10.2. The van der Waals surface area contributed by atoms with Gasteiger partial charge in [-0.15, -0.1) is 0 Å². The van der Waals surface area contributed by atoms with Gasteiger partial charge in [-0.2, -0.15) is 0 Å². The molecule has 1 heterocycles. The molecule has 86 valence electrons. The van der Waals surface area contributed by atoms with Crippen LogP contribution in [0.15, 0.2) is 18.2 Å². The summed E-state index contributed by atoms with van der Waals surface area (Å²) in [5.41, 5.74) is 2.77. The Bertz CT molecular complexity index is 565. The molecule has 1 aromatic rings. The van der Waals surface area contributed by atoms with E-state index in [1.807, 2.05) is 18.2 Å². The van der Waals surface area contributed by atoms with Crippen molar-refractivity contribution in [3.8, 4) is 11.8 Å². The van der Waals surface area contributed by atoms with Gasteiger partial charge in [0.2, 0.25) is 0 Å². The predicted octanol–water partition coefficient (Wildman–Crippen LogP) is 1.09. The zero-order valence-electron chi connectivity index (χ0n) is 10.4. The van der Waals surface area contributed by atoms with Crippen LogP contribution in [-0.2, 0) is 11.3 Å². The van der Waals surface area contributed by atoms with Crippen LogP contribution in [0.5, 0.6) is 0 Å². The Labute approximate surface area is 102 Å².